The van der Waals surface area contributed by atoms with Crippen LogP contribution >= 0.6 is 0 Å². The number of carbonyl (C=O) groups excluding carboxylic acids is 2. The molecule has 2 aromatic rings. The zero-order chi connectivity index (χ0) is 19.2. The highest BCUT2D eigenvalue weighted by Gasteiger charge is 2.16. The van der Waals surface area contributed by atoms with E-state index in [1.54, 1.807) is 6.07 Å². The normalized spacial score (nSPS) is 12.1. The third kappa shape index (κ3) is 4.81. The first-order valence-corrected chi connectivity index (χ1v) is 8.46. The topological polar surface area (TPSA) is 108 Å². The molecule has 0 spiro atoms. The van der Waals surface area contributed by atoms with Gasteiger partial charge in [-0.1, -0.05) is 18.2 Å². The maximum Gasteiger partial charge on any atom is 0.344 e. The zero-order valence-electron chi connectivity index (χ0n) is 14.5. The molecule has 27 heavy (non-hydrogen) atoms. The molecule has 0 bridgehead atoms. The first kappa shape index (κ1) is 18.4. The Kier molecular flexibility index (Phi) is 5.65. The summed E-state index contributed by atoms with van der Waals surface area (Å²) >= 11 is 0. The molecule has 0 atom stereocenters. The van der Waals surface area contributed by atoms with E-state index in [2.05, 4.69) is 5.32 Å². The van der Waals surface area contributed by atoms with E-state index in [-0.39, 0.29) is 11.4 Å². The van der Waals surface area contributed by atoms with Crippen LogP contribution in [0.2, 0.25) is 0 Å². The van der Waals surface area contributed by atoms with Crippen LogP contribution in [0.4, 0.5) is 11.4 Å². The number of ether oxygens (including phenoxy) is 2. The van der Waals surface area contributed by atoms with Crippen LogP contribution in [-0.2, 0) is 27.2 Å². The number of nitro groups is 1. The van der Waals surface area contributed by atoms with E-state index in [4.69, 9.17) is 9.47 Å². The highest BCUT2D eigenvalue weighted by atomic mass is 16.6. The van der Waals surface area contributed by atoms with Gasteiger partial charge in [-0.25, -0.2) is 4.79 Å². The Hall–Kier alpha value is -3.42. The van der Waals surface area contributed by atoms with Gasteiger partial charge in [0.2, 0.25) is 0 Å². The number of esters is 1. The minimum Gasteiger partial charge on any atom is -0.475 e. The van der Waals surface area contributed by atoms with E-state index in [1.807, 2.05) is 18.2 Å². The van der Waals surface area contributed by atoms with Crippen LogP contribution < -0.4 is 10.1 Å². The van der Waals surface area contributed by atoms with Crippen LogP contribution in [-0.4, -0.2) is 30.0 Å². The number of rotatable bonds is 7. The first-order valence-electron chi connectivity index (χ1n) is 8.46. The van der Waals surface area contributed by atoms with Gasteiger partial charge in [-0.2, -0.15) is 0 Å². The van der Waals surface area contributed by atoms with E-state index in [0.717, 1.165) is 19.3 Å². The smallest absolute Gasteiger partial charge is 0.344 e. The molecule has 3 rings (SSSR count). The van der Waals surface area contributed by atoms with Crippen molar-refractivity contribution in [3.8, 4) is 5.75 Å². The van der Waals surface area contributed by atoms with Gasteiger partial charge in [0.15, 0.2) is 19.0 Å². The fourth-order valence-corrected chi connectivity index (χ4v) is 2.90. The summed E-state index contributed by atoms with van der Waals surface area (Å²) < 4.78 is 9.96. The van der Waals surface area contributed by atoms with Gasteiger partial charge in [0, 0.05) is 11.8 Å². The van der Waals surface area contributed by atoms with Crippen molar-refractivity contribution in [1.29, 1.82) is 0 Å². The second-order valence-electron chi connectivity index (χ2n) is 6.06. The number of fused-ring (bicyclic) bond motifs is 1. The predicted octanol–water partition coefficient (Wildman–Crippen LogP) is 2.64. The van der Waals surface area contributed by atoms with E-state index in [9.17, 15) is 19.7 Å². The molecule has 2 aromatic carbocycles. The average molecular weight is 370 g/mol. The maximum absolute atomic E-state index is 11.9. The van der Waals surface area contributed by atoms with Gasteiger partial charge < -0.3 is 14.8 Å². The van der Waals surface area contributed by atoms with E-state index < -0.39 is 30.0 Å². The Balaban J connectivity index is 1.45. The molecule has 0 fully saturated rings. The minimum atomic E-state index is -0.794. The minimum absolute atomic E-state index is 0.0398. The third-order valence-corrected chi connectivity index (χ3v) is 4.15. The standard InChI is InChI=1S/C19H18N2O6/c22-18(20-15-9-8-13-4-3-5-14(13)10-15)11-27-19(23)12-26-17-7-2-1-6-16(17)21(24)25/h1-2,6-10H,3-5,11-12H2,(H,20,22). The number of benzene rings is 2. The summed E-state index contributed by atoms with van der Waals surface area (Å²) in [5, 5.41) is 13.6. The molecule has 8 nitrogen and oxygen atoms in total. The molecule has 1 amide bonds. The van der Waals surface area contributed by atoms with Gasteiger partial charge in [-0.05, 0) is 48.6 Å². The molecule has 1 aliphatic rings. The lowest BCUT2D eigenvalue weighted by Crippen LogP contribution is -2.23. The highest BCUT2D eigenvalue weighted by molar-refractivity contribution is 5.93. The fraction of sp³-hybridized carbons (Fsp3) is 0.263. The van der Waals surface area contributed by atoms with Crippen molar-refractivity contribution in [3.05, 3.63) is 63.7 Å². The van der Waals surface area contributed by atoms with Crippen molar-refractivity contribution in [2.24, 2.45) is 0 Å². The number of para-hydroxylation sites is 2. The number of nitrogens with one attached hydrogen (secondary N) is 1. The van der Waals surface area contributed by atoms with Gasteiger partial charge in [-0.15, -0.1) is 0 Å². The molecule has 1 N–H and O–H groups in total. The van der Waals surface area contributed by atoms with Crippen LogP contribution in [0.5, 0.6) is 5.75 Å². The third-order valence-electron chi connectivity index (χ3n) is 4.15. The summed E-state index contributed by atoms with van der Waals surface area (Å²) in [5.41, 5.74) is 2.93. The monoisotopic (exact) mass is 370 g/mol. The molecule has 0 heterocycles. The molecular weight excluding hydrogens is 352 g/mol. The largest absolute Gasteiger partial charge is 0.475 e. The fourth-order valence-electron chi connectivity index (χ4n) is 2.90. The molecule has 0 unspecified atom stereocenters. The van der Waals surface area contributed by atoms with Gasteiger partial charge in [0.05, 0.1) is 4.92 Å². The van der Waals surface area contributed by atoms with Crippen molar-refractivity contribution < 1.29 is 24.0 Å². The van der Waals surface area contributed by atoms with E-state index >= 15 is 0 Å². The summed E-state index contributed by atoms with van der Waals surface area (Å²) in [6, 6.07) is 11.4. The van der Waals surface area contributed by atoms with Crippen LogP contribution in [0.1, 0.15) is 17.5 Å². The number of carbonyl (C=O) groups is 2. The number of hydrogen-bond donors (Lipinski definition) is 1. The number of aryl methyl sites for hydroxylation is 2. The highest BCUT2D eigenvalue weighted by Crippen LogP contribution is 2.26. The summed E-state index contributed by atoms with van der Waals surface area (Å²) in [6.45, 7) is -0.993. The Morgan fingerprint density at radius 1 is 1.07 bits per heavy atom. The van der Waals surface area contributed by atoms with Gasteiger partial charge in [0.25, 0.3) is 5.91 Å². The van der Waals surface area contributed by atoms with Crippen molar-refractivity contribution in [2.45, 2.75) is 19.3 Å². The summed E-state index contributed by atoms with van der Waals surface area (Å²) in [4.78, 5) is 33.9. The second-order valence-corrected chi connectivity index (χ2v) is 6.06. The summed E-state index contributed by atoms with van der Waals surface area (Å²) in [7, 11) is 0. The lowest BCUT2D eigenvalue weighted by atomic mass is 10.1. The lowest BCUT2D eigenvalue weighted by molar-refractivity contribution is -0.385. The average Bonchev–Trinajstić information content (AvgIpc) is 3.12. The maximum atomic E-state index is 11.9. The van der Waals surface area contributed by atoms with Gasteiger partial charge >= 0.3 is 11.7 Å². The molecule has 0 radical (unpaired) electrons. The van der Waals surface area contributed by atoms with E-state index in [1.165, 1.54) is 29.3 Å². The summed E-state index contributed by atoms with van der Waals surface area (Å²) in [5.74, 6) is -1.30. The number of nitro benzene ring substituents is 1. The van der Waals surface area contributed by atoms with Crippen LogP contribution in [0.15, 0.2) is 42.5 Å². The Labute approximate surface area is 155 Å². The van der Waals surface area contributed by atoms with Gasteiger partial charge in [-0.3, -0.25) is 14.9 Å². The predicted molar refractivity (Wildman–Crippen MR) is 96.6 cm³/mol. The Bertz CT molecular complexity index is 880. The van der Waals surface area contributed by atoms with Crippen molar-refractivity contribution >= 4 is 23.3 Å². The molecule has 140 valence electrons. The number of amides is 1. The van der Waals surface area contributed by atoms with Crippen molar-refractivity contribution in [1.82, 2.24) is 0 Å². The molecule has 1 aliphatic carbocycles. The number of anilines is 1. The Morgan fingerprint density at radius 2 is 1.85 bits per heavy atom. The van der Waals surface area contributed by atoms with Crippen LogP contribution in [0, 0.1) is 10.1 Å². The van der Waals surface area contributed by atoms with E-state index in [0.29, 0.717) is 5.69 Å². The SMILES string of the molecule is O=C(COC(=O)COc1ccccc1[N+](=O)[O-])Nc1ccc2c(c1)CCC2. The number of hydrogen-bond acceptors (Lipinski definition) is 6. The van der Waals surface area contributed by atoms with Crippen molar-refractivity contribution in [3.63, 3.8) is 0 Å². The molecule has 8 heteroatoms. The van der Waals surface area contributed by atoms with Crippen molar-refractivity contribution in [2.75, 3.05) is 18.5 Å². The molecular formula is C19H18N2O6. The molecule has 0 saturated heterocycles. The molecule has 0 aromatic heterocycles. The zero-order valence-corrected chi connectivity index (χ0v) is 14.5. The Morgan fingerprint density at radius 3 is 2.67 bits per heavy atom. The first-order chi connectivity index (χ1) is 13.0. The molecule has 0 saturated carbocycles. The van der Waals surface area contributed by atoms with Crippen LogP contribution in [0.3, 0.4) is 0 Å². The molecule has 0 aliphatic heterocycles. The summed E-state index contributed by atoms with van der Waals surface area (Å²) in [6.07, 6.45) is 3.17. The van der Waals surface area contributed by atoms with Crippen LogP contribution in [0.25, 0.3) is 0 Å². The lowest BCUT2D eigenvalue weighted by Gasteiger charge is -2.09. The second kappa shape index (κ2) is 8.31. The quantitative estimate of drug-likeness (QED) is 0.456. The number of nitrogens with zero attached hydrogens (tertiary/aromatic N) is 1. The van der Waals surface area contributed by atoms with Gasteiger partial charge in [0.1, 0.15) is 0 Å².